The van der Waals surface area contributed by atoms with Crippen molar-refractivity contribution in [1.29, 1.82) is 0 Å². The summed E-state index contributed by atoms with van der Waals surface area (Å²) in [4.78, 5) is 0. The number of nitrogens with zero attached hydrogens (tertiary/aromatic N) is 1. The maximum atomic E-state index is 11.5. The maximum Gasteiger partial charge on any atom is 0.0439 e. The lowest BCUT2D eigenvalue weighted by molar-refractivity contribution is 0.558. The fourth-order valence-corrected chi connectivity index (χ4v) is 2.88. The van der Waals surface area contributed by atoms with Crippen molar-refractivity contribution in [3.05, 3.63) is 59.9 Å². The quantitative estimate of drug-likeness (QED) is 0.878. The largest absolute Gasteiger partial charge is 0.353 e. The van der Waals surface area contributed by atoms with Gasteiger partial charge in [-0.15, -0.1) is 0 Å². The van der Waals surface area contributed by atoms with E-state index in [1.807, 2.05) is 37.5 Å². The number of aromatic nitrogens is 1. The third-order valence-corrected chi connectivity index (χ3v) is 3.99. The van der Waals surface area contributed by atoms with E-state index < -0.39 is 10.8 Å². The zero-order valence-corrected chi connectivity index (χ0v) is 12.2. The van der Waals surface area contributed by atoms with Crippen LogP contribution in [0.25, 0.3) is 0 Å². The minimum atomic E-state index is -0.819. The molecule has 0 radical (unpaired) electrons. The van der Waals surface area contributed by atoms with Crippen LogP contribution < -0.4 is 5.32 Å². The van der Waals surface area contributed by atoms with Crippen molar-refractivity contribution in [2.75, 3.05) is 12.0 Å². The molecule has 2 atom stereocenters. The van der Waals surface area contributed by atoms with E-state index >= 15 is 0 Å². The average molecular weight is 276 g/mol. The van der Waals surface area contributed by atoms with Gasteiger partial charge in [0.2, 0.25) is 0 Å². The van der Waals surface area contributed by atoms with E-state index in [2.05, 4.69) is 28.1 Å². The lowest BCUT2D eigenvalue weighted by atomic mass is 10.1. The normalized spacial score (nSPS) is 14.2. The summed E-state index contributed by atoms with van der Waals surface area (Å²) in [5.41, 5.74) is 2.41. The number of nitrogens with one attached hydrogen (secondary N) is 1. The number of aryl methyl sites for hydroxylation is 1. The molecule has 0 fully saturated rings. The van der Waals surface area contributed by atoms with Crippen molar-refractivity contribution >= 4 is 10.8 Å². The van der Waals surface area contributed by atoms with Gasteiger partial charge in [-0.1, -0.05) is 30.3 Å². The first-order chi connectivity index (χ1) is 9.16. The summed E-state index contributed by atoms with van der Waals surface area (Å²) in [6.45, 7) is 0.778. The van der Waals surface area contributed by atoms with Gasteiger partial charge in [0.1, 0.15) is 0 Å². The molecule has 1 N–H and O–H groups in total. The number of hydrogen-bond donors (Lipinski definition) is 1. The lowest BCUT2D eigenvalue weighted by Gasteiger charge is -2.18. The van der Waals surface area contributed by atoms with Gasteiger partial charge in [0.15, 0.2) is 0 Å². The molecule has 0 amide bonds. The Morgan fingerprint density at radius 3 is 2.53 bits per heavy atom. The molecule has 19 heavy (non-hydrogen) atoms. The highest BCUT2D eigenvalue weighted by molar-refractivity contribution is 7.84. The van der Waals surface area contributed by atoms with Gasteiger partial charge >= 0.3 is 0 Å². The zero-order valence-electron chi connectivity index (χ0n) is 11.4. The van der Waals surface area contributed by atoms with Crippen molar-refractivity contribution in [2.24, 2.45) is 7.05 Å². The van der Waals surface area contributed by atoms with Gasteiger partial charge in [-0.2, -0.15) is 0 Å². The first-order valence-corrected chi connectivity index (χ1v) is 8.08. The molecule has 1 aromatic carbocycles. The molecule has 0 saturated heterocycles. The molecule has 2 aromatic rings. The van der Waals surface area contributed by atoms with Crippen molar-refractivity contribution < 1.29 is 4.21 Å². The molecule has 0 bridgehead atoms. The summed E-state index contributed by atoms with van der Waals surface area (Å²) in [5.74, 6) is 0.633. The lowest BCUT2D eigenvalue weighted by Crippen LogP contribution is -2.26. The van der Waals surface area contributed by atoms with Gasteiger partial charge in [0.05, 0.1) is 0 Å². The van der Waals surface area contributed by atoms with Crippen molar-refractivity contribution in [3.63, 3.8) is 0 Å². The molecule has 0 saturated carbocycles. The Hall–Kier alpha value is -1.39. The molecule has 4 heteroatoms. The van der Waals surface area contributed by atoms with Crippen molar-refractivity contribution in [2.45, 2.75) is 12.6 Å². The summed E-state index contributed by atoms with van der Waals surface area (Å²) in [6, 6.07) is 14.5. The van der Waals surface area contributed by atoms with E-state index in [0.717, 1.165) is 6.54 Å². The Morgan fingerprint density at radius 1 is 1.21 bits per heavy atom. The van der Waals surface area contributed by atoms with Crippen LogP contribution in [0.3, 0.4) is 0 Å². The average Bonchev–Trinajstić information content (AvgIpc) is 2.81. The SMILES string of the molecule is Cn1cccc1CN[C@H](C[S@](C)=O)c1ccccc1. The van der Waals surface area contributed by atoms with Crippen LogP contribution >= 0.6 is 0 Å². The molecule has 0 aliphatic heterocycles. The third kappa shape index (κ3) is 4.04. The van der Waals surface area contributed by atoms with Gasteiger partial charge < -0.3 is 9.88 Å². The second-order valence-corrected chi connectivity index (χ2v) is 6.17. The summed E-state index contributed by atoms with van der Waals surface area (Å²) in [5, 5.41) is 3.50. The zero-order chi connectivity index (χ0) is 13.7. The summed E-state index contributed by atoms with van der Waals surface area (Å²) in [7, 11) is 1.22. The Morgan fingerprint density at radius 2 is 1.95 bits per heavy atom. The first-order valence-electron chi connectivity index (χ1n) is 6.35. The van der Waals surface area contributed by atoms with E-state index in [1.165, 1.54) is 11.3 Å². The Labute approximate surface area is 117 Å². The molecule has 1 heterocycles. The predicted octanol–water partition coefficient (Wildman–Crippen LogP) is 2.23. The Kier molecular flexibility index (Phi) is 4.93. The molecule has 0 unspecified atom stereocenters. The Bertz CT molecular complexity index is 536. The fraction of sp³-hybridized carbons (Fsp3) is 0.333. The van der Waals surface area contributed by atoms with Crippen LogP contribution in [0, 0.1) is 0 Å². The van der Waals surface area contributed by atoms with Crippen LogP contribution in [0.2, 0.25) is 0 Å². The molecule has 0 aliphatic carbocycles. The summed E-state index contributed by atoms with van der Waals surface area (Å²) < 4.78 is 13.6. The van der Waals surface area contributed by atoms with Crippen molar-refractivity contribution in [3.8, 4) is 0 Å². The number of hydrogen-bond acceptors (Lipinski definition) is 2. The molecule has 2 rings (SSSR count). The minimum absolute atomic E-state index is 0.127. The van der Waals surface area contributed by atoms with Crippen LogP contribution in [0.1, 0.15) is 17.3 Å². The minimum Gasteiger partial charge on any atom is -0.353 e. The predicted molar refractivity (Wildman–Crippen MR) is 80.4 cm³/mol. The van der Waals surface area contributed by atoms with Gasteiger partial charge in [0, 0.05) is 54.3 Å². The third-order valence-electron chi connectivity index (χ3n) is 3.18. The molecule has 1 aromatic heterocycles. The smallest absolute Gasteiger partial charge is 0.0439 e. The molecule has 3 nitrogen and oxygen atoms in total. The molecular formula is C15H20N2OS. The highest BCUT2D eigenvalue weighted by atomic mass is 32.2. The van der Waals surface area contributed by atoms with Crippen LogP contribution in [-0.2, 0) is 24.4 Å². The molecule has 0 aliphatic rings. The van der Waals surface area contributed by atoms with Crippen LogP contribution in [0.5, 0.6) is 0 Å². The highest BCUT2D eigenvalue weighted by Crippen LogP contribution is 2.14. The number of rotatable bonds is 6. The van der Waals surface area contributed by atoms with E-state index in [-0.39, 0.29) is 6.04 Å². The highest BCUT2D eigenvalue weighted by Gasteiger charge is 2.12. The Balaban J connectivity index is 2.06. The van der Waals surface area contributed by atoms with E-state index in [9.17, 15) is 4.21 Å². The van der Waals surface area contributed by atoms with Crippen LogP contribution in [-0.4, -0.2) is 20.8 Å². The van der Waals surface area contributed by atoms with E-state index in [1.54, 1.807) is 6.26 Å². The monoisotopic (exact) mass is 276 g/mol. The second-order valence-electron chi connectivity index (χ2n) is 4.69. The molecular weight excluding hydrogens is 256 g/mol. The topological polar surface area (TPSA) is 34.0 Å². The van der Waals surface area contributed by atoms with Crippen LogP contribution in [0.4, 0.5) is 0 Å². The van der Waals surface area contributed by atoms with E-state index in [4.69, 9.17) is 0 Å². The van der Waals surface area contributed by atoms with Gasteiger partial charge in [0.25, 0.3) is 0 Å². The van der Waals surface area contributed by atoms with Gasteiger partial charge in [-0.25, -0.2) is 0 Å². The van der Waals surface area contributed by atoms with Gasteiger partial charge in [-0.05, 0) is 17.7 Å². The second kappa shape index (κ2) is 6.68. The number of benzene rings is 1. The molecule has 102 valence electrons. The standard InChI is InChI=1S/C15H20N2OS/c1-17-10-6-9-14(17)11-16-15(12-19(2)18)13-7-4-3-5-8-13/h3-10,15-16H,11-12H2,1-2H3/t15-,19+/m1/s1. The van der Waals surface area contributed by atoms with Gasteiger partial charge in [-0.3, -0.25) is 4.21 Å². The van der Waals surface area contributed by atoms with Crippen molar-refractivity contribution in [1.82, 2.24) is 9.88 Å². The summed E-state index contributed by atoms with van der Waals surface area (Å²) in [6.07, 6.45) is 3.78. The first kappa shape index (κ1) is 14.0. The maximum absolute atomic E-state index is 11.5. The van der Waals surface area contributed by atoms with E-state index in [0.29, 0.717) is 5.75 Å². The fourth-order valence-electron chi connectivity index (χ4n) is 2.10. The molecule has 0 spiro atoms. The van der Waals surface area contributed by atoms with Crippen LogP contribution in [0.15, 0.2) is 48.7 Å². The summed E-state index contributed by atoms with van der Waals surface area (Å²) >= 11 is 0.